The van der Waals surface area contributed by atoms with Gasteiger partial charge in [0.25, 0.3) is 0 Å². The molecule has 3 aromatic carbocycles. The average Bonchev–Trinajstić information content (AvgIpc) is 3.17. The zero-order chi connectivity index (χ0) is 22.0. The van der Waals surface area contributed by atoms with Gasteiger partial charge in [-0.3, -0.25) is 4.57 Å². The number of aromatic nitrogens is 2. The van der Waals surface area contributed by atoms with Crippen LogP contribution in [0.25, 0.3) is 16.9 Å². The first-order chi connectivity index (χ1) is 14.8. The van der Waals surface area contributed by atoms with Crippen molar-refractivity contribution in [1.82, 2.24) is 9.55 Å². The summed E-state index contributed by atoms with van der Waals surface area (Å²) in [6.45, 7) is 0. The third-order valence-electron chi connectivity index (χ3n) is 4.57. The molecular weight excluding hydrogens is 431 g/mol. The molecule has 0 fully saturated rings. The van der Waals surface area contributed by atoms with Crippen LogP contribution in [0.1, 0.15) is 11.1 Å². The maximum Gasteiger partial charge on any atom is 0.416 e. The maximum absolute atomic E-state index is 14.2. The van der Waals surface area contributed by atoms with Crippen molar-refractivity contribution in [2.24, 2.45) is 0 Å². The van der Waals surface area contributed by atoms with Crippen LogP contribution >= 0.6 is 11.8 Å². The van der Waals surface area contributed by atoms with Gasteiger partial charge in [0.2, 0.25) is 0 Å². The van der Waals surface area contributed by atoms with Crippen LogP contribution in [0.15, 0.2) is 84.1 Å². The first-order valence-corrected chi connectivity index (χ1v) is 10.2. The summed E-state index contributed by atoms with van der Waals surface area (Å²) in [6, 6.07) is 17.8. The first kappa shape index (κ1) is 21.1. The second-order valence-electron chi connectivity index (χ2n) is 6.72. The lowest BCUT2D eigenvalue weighted by molar-refractivity contribution is -0.137. The van der Waals surface area contributed by atoms with Crippen molar-refractivity contribution < 1.29 is 22.0 Å². The second-order valence-corrected chi connectivity index (χ2v) is 7.66. The molecule has 0 spiro atoms. The van der Waals surface area contributed by atoms with E-state index in [4.69, 9.17) is 0 Å². The highest BCUT2D eigenvalue weighted by Gasteiger charge is 2.31. The van der Waals surface area contributed by atoms with Crippen LogP contribution < -0.4 is 0 Å². The summed E-state index contributed by atoms with van der Waals surface area (Å²) in [4.78, 5) is 4.59. The lowest BCUT2D eigenvalue weighted by atomic mass is 10.1. The van der Waals surface area contributed by atoms with Gasteiger partial charge >= 0.3 is 6.18 Å². The summed E-state index contributed by atoms with van der Waals surface area (Å²) >= 11 is 1.15. The number of nitrogens with zero attached hydrogens (tertiary/aromatic N) is 2. The number of benzene rings is 3. The van der Waals surface area contributed by atoms with Crippen molar-refractivity contribution in [1.29, 1.82) is 0 Å². The molecule has 0 saturated carbocycles. The highest BCUT2D eigenvalue weighted by atomic mass is 32.2. The molecular formula is C23H15F5N2S. The summed E-state index contributed by atoms with van der Waals surface area (Å²) in [6.07, 6.45) is -2.86. The van der Waals surface area contributed by atoms with Gasteiger partial charge in [0.05, 0.1) is 16.9 Å². The minimum absolute atomic E-state index is 0.0600. The third kappa shape index (κ3) is 4.80. The van der Waals surface area contributed by atoms with Gasteiger partial charge < -0.3 is 0 Å². The fraction of sp³-hybridized carbons (Fsp3) is 0.0870. The first-order valence-electron chi connectivity index (χ1n) is 9.20. The van der Waals surface area contributed by atoms with E-state index in [1.54, 1.807) is 22.9 Å². The third-order valence-corrected chi connectivity index (χ3v) is 5.57. The molecule has 158 valence electrons. The van der Waals surface area contributed by atoms with Crippen LogP contribution in [0, 0.1) is 11.6 Å². The fourth-order valence-electron chi connectivity index (χ4n) is 3.01. The Kier molecular flexibility index (Phi) is 5.82. The Bertz CT molecular complexity index is 1200. The summed E-state index contributed by atoms with van der Waals surface area (Å²) in [7, 11) is 0. The number of rotatable bonds is 5. The molecule has 1 aromatic heterocycles. The molecule has 4 aromatic rings. The van der Waals surface area contributed by atoms with Crippen molar-refractivity contribution in [3.63, 3.8) is 0 Å². The van der Waals surface area contributed by atoms with E-state index in [2.05, 4.69) is 4.98 Å². The smallest absolute Gasteiger partial charge is 0.294 e. The highest BCUT2D eigenvalue weighted by molar-refractivity contribution is 7.98. The molecule has 4 rings (SSSR count). The number of hydrogen-bond donors (Lipinski definition) is 0. The van der Waals surface area contributed by atoms with E-state index in [1.165, 1.54) is 12.1 Å². The van der Waals surface area contributed by atoms with Crippen LogP contribution in [0.2, 0.25) is 0 Å². The van der Waals surface area contributed by atoms with Gasteiger partial charge in [-0.05, 0) is 35.9 Å². The molecule has 0 aliphatic heterocycles. The predicted octanol–water partition coefficient (Wildman–Crippen LogP) is 7.13. The lowest BCUT2D eigenvalue weighted by Gasteiger charge is -2.10. The minimum atomic E-state index is -4.61. The molecule has 0 radical (unpaired) electrons. The fourth-order valence-corrected chi connectivity index (χ4v) is 3.99. The van der Waals surface area contributed by atoms with Crippen molar-refractivity contribution in [2.75, 3.05) is 0 Å². The van der Waals surface area contributed by atoms with Gasteiger partial charge in [-0.25, -0.2) is 13.8 Å². The Morgan fingerprint density at radius 3 is 2.32 bits per heavy atom. The molecule has 0 unspecified atom stereocenters. The zero-order valence-electron chi connectivity index (χ0n) is 15.9. The van der Waals surface area contributed by atoms with E-state index in [-0.39, 0.29) is 11.3 Å². The predicted molar refractivity (Wildman–Crippen MR) is 110 cm³/mol. The molecule has 1 heterocycles. The van der Waals surface area contributed by atoms with Crippen molar-refractivity contribution >= 4 is 11.8 Å². The Labute approximate surface area is 179 Å². The molecule has 2 nitrogen and oxygen atoms in total. The second kappa shape index (κ2) is 8.55. The van der Waals surface area contributed by atoms with Crippen molar-refractivity contribution in [3.05, 3.63) is 102 Å². The monoisotopic (exact) mass is 446 g/mol. The number of alkyl halides is 3. The van der Waals surface area contributed by atoms with Crippen molar-refractivity contribution in [2.45, 2.75) is 17.1 Å². The van der Waals surface area contributed by atoms with Crippen LogP contribution in [0.3, 0.4) is 0 Å². The van der Waals surface area contributed by atoms with Crippen molar-refractivity contribution in [3.8, 4) is 16.9 Å². The van der Waals surface area contributed by atoms with Gasteiger partial charge in [-0.1, -0.05) is 54.2 Å². The Hall–Kier alpha value is -3.13. The largest absolute Gasteiger partial charge is 0.416 e. The molecule has 0 atom stereocenters. The highest BCUT2D eigenvalue weighted by Crippen LogP contribution is 2.33. The van der Waals surface area contributed by atoms with E-state index in [0.717, 1.165) is 29.5 Å². The van der Waals surface area contributed by atoms with Crippen LogP contribution in [0.5, 0.6) is 0 Å². The normalized spacial score (nSPS) is 11.6. The molecule has 0 amide bonds. The van der Waals surface area contributed by atoms with Gasteiger partial charge in [0.15, 0.2) is 5.16 Å². The Morgan fingerprint density at radius 1 is 0.871 bits per heavy atom. The molecule has 0 aliphatic carbocycles. The Morgan fingerprint density at radius 2 is 1.65 bits per heavy atom. The quantitative estimate of drug-likeness (QED) is 0.240. The standard InChI is InChI=1S/C23H15F5N2S/c24-18-7-4-8-19(12-18)30-13-21(15-5-2-1-3-6-15)29-22(30)31-14-16-9-10-17(11-20(16)25)23(26,27)28/h1-13H,14H2. The summed E-state index contributed by atoms with van der Waals surface area (Å²) in [5.74, 6) is -1.29. The van der Waals surface area contributed by atoms with Crippen LogP contribution in [0.4, 0.5) is 22.0 Å². The lowest BCUT2D eigenvalue weighted by Crippen LogP contribution is -2.06. The van der Waals surface area contributed by atoms with Gasteiger partial charge in [-0.15, -0.1) is 0 Å². The molecule has 31 heavy (non-hydrogen) atoms. The number of halogens is 5. The van der Waals surface area contributed by atoms with Crippen LogP contribution in [-0.4, -0.2) is 9.55 Å². The van der Waals surface area contributed by atoms with E-state index in [1.807, 2.05) is 30.3 Å². The topological polar surface area (TPSA) is 17.8 Å². The minimum Gasteiger partial charge on any atom is -0.294 e. The maximum atomic E-state index is 14.2. The average molecular weight is 446 g/mol. The van der Waals surface area contributed by atoms with Gasteiger partial charge in [0, 0.05) is 17.5 Å². The molecule has 0 N–H and O–H groups in total. The molecule has 0 saturated heterocycles. The molecule has 0 aliphatic rings. The van der Waals surface area contributed by atoms with E-state index < -0.39 is 23.4 Å². The number of imidazole rings is 1. The van der Waals surface area contributed by atoms with Gasteiger partial charge in [0.1, 0.15) is 11.6 Å². The summed E-state index contributed by atoms with van der Waals surface area (Å²) < 4.78 is 68.0. The number of hydrogen-bond acceptors (Lipinski definition) is 2. The van der Waals surface area contributed by atoms with E-state index >= 15 is 0 Å². The summed E-state index contributed by atoms with van der Waals surface area (Å²) in [5.41, 5.74) is 1.10. The summed E-state index contributed by atoms with van der Waals surface area (Å²) in [5, 5.41) is 0.462. The molecule has 0 bridgehead atoms. The number of thioether (sulfide) groups is 1. The van der Waals surface area contributed by atoms with E-state index in [9.17, 15) is 22.0 Å². The van der Waals surface area contributed by atoms with Crippen LogP contribution in [-0.2, 0) is 11.9 Å². The zero-order valence-corrected chi connectivity index (χ0v) is 16.7. The van der Waals surface area contributed by atoms with Gasteiger partial charge in [-0.2, -0.15) is 13.2 Å². The molecule has 8 heteroatoms. The SMILES string of the molecule is Fc1cccc(-n2cc(-c3ccccc3)nc2SCc2ccc(C(F)(F)F)cc2F)c1. The Balaban J connectivity index is 1.66. The van der Waals surface area contributed by atoms with E-state index in [0.29, 0.717) is 22.6 Å².